The monoisotopic (exact) mass is 305 g/mol. The number of carbonyl (C=O) groups is 1. The maximum atomic E-state index is 12.1. The summed E-state index contributed by atoms with van der Waals surface area (Å²) in [6, 6.07) is 6.11. The Balaban J connectivity index is 2.34. The number of hydrogen-bond donors (Lipinski definition) is 1. The molecular formula is C14H12ClN3O3. The van der Waals surface area contributed by atoms with Gasteiger partial charge in [-0.1, -0.05) is 17.7 Å². The number of pyridine rings is 1. The van der Waals surface area contributed by atoms with Gasteiger partial charge in [0.2, 0.25) is 0 Å². The van der Waals surface area contributed by atoms with Crippen molar-refractivity contribution in [2.45, 2.75) is 13.8 Å². The highest BCUT2D eigenvalue weighted by atomic mass is 35.5. The Kier molecular flexibility index (Phi) is 4.18. The average molecular weight is 306 g/mol. The minimum atomic E-state index is -0.544. The van der Waals surface area contributed by atoms with Crippen LogP contribution in [0.1, 0.15) is 21.6 Å². The van der Waals surface area contributed by atoms with E-state index < -0.39 is 10.8 Å². The van der Waals surface area contributed by atoms with Gasteiger partial charge >= 0.3 is 0 Å². The lowest BCUT2D eigenvalue weighted by Gasteiger charge is -2.08. The number of rotatable bonds is 3. The molecule has 0 radical (unpaired) electrons. The van der Waals surface area contributed by atoms with Gasteiger partial charge in [-0.15, -0.1) is 0 Å². The lowest BCUT2D eigenvalue weighted by Crippen LogP contribution is -2.14. The van der Waals surface area contributed by atoms with Gasteiger partial charge in [0.05, 0.1) is 15.5 Å². The maximum Gasteiger partial charge on any atom is 0.293 e. The molecule has 0 fully saturated rings. The van der Waals surface area contributed by atoms with Crippen molar-refractivity contribution in [3.05, 3.63) is 62.4 Å². The summed E-state index contributed by atoms with van der Waals surface area (Å²) in [6.45, 7) is 3.48. The van der Waals surface area contributed by atoms with E-state index >= 15 is 0 Å². The van der Waals surface area contributed by atoms with Gasteiger partial charge in [-0.05, 0) is 31.5 Å². The van der Waals surface area contributed by atoms with Crippen molar-refractivity contribution in [2.24, 2.45) is 0 Å². The fourth-order valence-electron chi connectivity index (χ4n) is 1.78. The normalized spacial score (nSPS) is 10.2. The number of amides is 1. The summed E-state index contributed by atoms with van der Waals surface area (Å²) in [5, 5.41) is 13.8. The van der Waals surface area contributed by atoms with Gasteiger partial charge in [-0.25, -0.2) is 0 Å². The molecule has 0 aliphatic rings. The first-order valence-corrected chi connectivity index (χ1v) is 6.45. The number of anilines is 1. The summed E-state index contributed by atoms with van der Waals surface area (Å²) >= 11 is 5.98. The molecule has 0 saturated carbocycles. The van der Waals surface area contributed by atoms with Gasteiger partial charge in [0.15, 0.2) is 0 Å². The highest BCUT2D eigenvalue weighted by molar-refractivity contribution is 6.34. The number of hydrogen-bond acceptors (Lipinski definition) is 4. The standard InChI is InChI=1S/C14H12ClN3O3/c1-8-3-4-12(13(5-8)18(20)21)17-14(19)10-7-16-9(2)6-11(10)15/h3-7H,1-2H3,(H,17,19). The first-order valence-electron chi connectivity index (χ1n) is 6.07. The van der Waals surface area contributed by atoms with Crippen LogP contribution in [0.25, 0.3) is 0 Å². The minimum absolute atomic E-state index is 0.118. The van der Waals surface area contributed by atoms with Crippen LogP contribution in [0, 0.1) is 24.0 Å². The van der Waals surface area contributed by atoms with E-state index in [1.54, 1.807) is 26.0 Å². The number of aromatic nitrogens is 1. The molecule has 0 unspecified atom stereocenters. The molecule has 2 aromatic rings. The van der Waals surface area contributed by atoms with E-state index in [9.17, 15) is 14.9 Å². The van der Waals surface area contributed by atoms with E-state index in [2.05, 4.69) is 10.3 Å². The second-order valence-corrected chi connectivity index (χ2v) is 4.94. The zero-order valence-electron chi connectivity index (χ0n) is 11.4. The third-order valence-corrected chi connectivity index (χ3v) is 3.15. The number of halogens is 1. The SMILES string of the molecule is Cc1ccc(NC(=O)c2cnc(C)cc2Cl)c([N+](=O)[O-])c1. The largest absolute Gasteiger partial charge is 0.316 e. The van der Waals surface area contributed by atoms with Crippen LogP contribution in [-0.4, -0.2) is 15.8 Å². The molecule has 1 amide bonds. The van der Waals surface area contributed by atoms with Crippen LogP contribution in [0.15, 0.2) is 30.5 Å². The highest BCUT2D eigenvalue weighted by Gasteiger charge is 2.18. The molecule has 7 heteroatoms. The van der Waals surface area contributed by atoms with Crippen LogP contribution in [0.3, 0.4) is 0 Å². The van der Waals surface area contributed by atoms with Crippen molar-refractivity contribution in [1.29, 1.82) is 0 Å². The summed E-state index contributed by atoms with van der Waals surface area (Å²) in [5.41, 5.74) is 1.52. The molecular weight excluding hydrogens is 294 g/mol. The van der Waals surface area contributed by atoms with Crippen molar-refractivity contribution in [2.75, 3.05) is 5.32 Å². The third kappa shape index (κ3) is 3.35. The summed E-state index contributed by atoms with van der Waals surface area (Å²) in [6.07, 6.45) is 1.34. The summed E-state index contributed by atoms with van der Waals surface area (Å²) in [4.78, 5) is 26.6. The minimum Gasteiger partial charge on any atom is -0.316 e. The quantitative estimate of drug-likeness (QED) is 0.694. The number of carbonyl (C=O) groups excluding carboxylic acids is 1. The molecule has 1 aromatic heterocycles. The van der Waals surface area contributed by atoms with Crippen molar-refractivity contribution in [1.82, 2.24) is 4.98 Å². The van der Waals surface area contributed by atoms with Gasteiger partial charge in [0.25, 0.3) is 11.6 Å². The fraction of sp³-hybridized carbons (Fsp3) is 0.143. The zero-order chi connectivity index (χ0) is 15.6. The molecule has 2 rings (SSSR count). The number of nitro groups is 1. The topological polar surface area (TPSA) is 85.1 Å². The number of nitro benzene ring substituents is 1. The summed E-state index contributed by atoms with van der Waals surface area (Å²) in [5.74, 6) is -0.542. The molecule has 21 heavy (non-hydrogen) atoms. The molecule has 108 valence electrons. The second kappa shape index (κ2) is 5.88. The van der Waals surface area contributed by atoms with E-state index in [0.717, 1.165) is 5.56 Å². The van der Waals surface area contributed by atoms with E-state index in [4.69, 9.17) is 11.6 Å². The fourth-order valence-corrected chi connectivity index (χ4v) is 2.07. The predicted octanol–water partition coefficient (Wildman–Crippen LogP) is 3.51. The Bertz CT molecular complexity index is 731. The average Bonchev–Trinajstić information content (AvgIpc) is 2.40. The van der Waals surface area contributed by atoms with Gasteiger partial charge in [0.1, 0.15) is 5.69 Å². The number of aryl methyl sites for hydroxylation is 2. The van der Waals surface area contributed by atoms with E-state index in [-0.39, 0.29) is 22.0 Å². The molecule has 0 bridgehead atoms. The molecule has 0 aliphatic heterocycles. The first kappa shape index (κ1) is 14.9. The van der Waals surface area contributed by atoms with Gasteiger partial charge in [0, 0.05) is 18.0 Å². The van der Waals surface area contributed by atoms with E-state index in [1.165, 1.54) is 18.3 Å². The van der Waals surface area contributed by atoms with Crippen LogP contribution < -0.4 is 5.32 Å². The molecule has 0 saturated heterocycles. The lowest BCUT2D eigenvalue weighted by atomic mass is 10.2. The lowest BCUT2D eigenvalue weighted by molar-refractivity contribution is -0.384. The van der Waals surface area contributed by atoms with E-state index in [0.29, 0.717) is 5.69 Å². The molecule has 1 aromatic carbocycles. The first-order chi connectivity index (χ1) is 9.88. The molecule has 1 heterocycles. The van der Waals surface area contributed by atoms with Crippen molar-refractivity contribution in [3.8, 4) is 0 Å². The predicted molar refractivity (Wildman–Crippen MR) is 79.8 cm³/mol. The zero-order valence-corrected chi connectivity index (χ0v) is 12.1. The van der Waals surface area contributed by atoms with Gasteiger partial charge in [-0.2, -0.15) is 0 Å². The molecule has 6 nitrogen and oxygen atoms in total. The van der Waals surface area contributed by atoms with Crippen molar-refractivity contribution >= 4 is 28.9 Å². The molecule has 1 N–H and O–H groups in total. The molecule has 0 spiro atoms. The van der Waals surface area contributed by atoms with Crippen molar-refractivity contribution in [3.63, 3.8) is 0 Å². The number of nitrogens with zero attached hydrogens (tertiary/aromatic N) is 2. The van der Waals surface area contributed by atoms with Crippen LogP contribution in [0.5, 0.6) is 0 Å². The second-order valence-electron chi connectivity index (χ2n) is 4.54. The smallest absolute Gasteiger partial charge is 0.293 e. The summed E-state index contributed by atoms with van der Waals surface area (Å²) in [7, 11) is 0. The van der Waals surface area contributed by atoms with Crippen LogP contribution in [0.2, 0.25) is 5.02 Å². The van der Waals surface area contributed by atoms with Gasteiger partial charge < -0.3 is 5.32 Å². The summed E-state index contributed by atoms with van der Waals surface area (Å²) < 4.78 is 0. The van der Waals surface area contributed by atoms with Crippen LogP contribution >= 0.6 is 11.6 Å². The van der Waals surface area contributed by atoms with Crippen LogP contribution in [-0.2, 0) is 0 Å². The number of benzene rings is 1. The van der Waals surface area contributed by atoms with Crippen molar-refractivity contribution < 1.29 is 9.72 Å². The van der Waals surface area contributed by atoms with E-state index in [1.807, 2.05) is 0 Å². The highest BCUT2D eigenvalue weighted by Crippen LogP contribution is 2.26. The Hall–Kier alpha value is -2.47. The molecule has 0 atom stereocenters. The number of nitrogens with one attached hydrogen (secondary N) is 1. The maximum absolute atomic E-state index is 12.1. The Morgan fingerprint density at radius 2 is 2.05 bits per heavy atom. The molecule has 0 aliphatic carbocycles. The van der Waals surface area contributed by atoms with Crippen LogP contribution in [0.4, 0.5) is 11.4 Å². The Labute approximate surface area is 125 Å². The Morgan fingerprint density at radius 1 is 1.33 bits per heavy atom. The third-order valence-electron chi connectivity index (χ3n) is 2.83. The Morgan fingerprint density at radius 3 is 2.67 bits per heavy atom. The van der Waals surface area contributed by atoms with Gasteiger partial charge in [-0.3, -0.25) is 19.9 Å².